The lowest BCUT2D eigenvalue weighted by Gasteiger charge is -2.14. The van der Waals surface area contributed by atoms with E-state index in [2.05, 4.69) is 4.98 Å². The SMILES string of the molecule is N#Cc1nccn1C(CN)c1ccco1. The number of nitrogens with zero attached hydrogens (tertiary/aromatic N) is 3. The van der Waals surface area contributed by atoms with E-state index in [1.807, 2.05) is 12.1 Å². The largest absolute Gasteiger partial charge is 0.467 e. The van der Waals surface area contributed by atoms with Gasteiger partial charge in [-0.25, -0.2) is 4.98 Å². The molecule has 1 unspecified atom stereocenters. The fourth-order valence-electron chi connectivity index (χ4n) is 1.50. The van der Waals surface area contributed by atoms with E-state index in [1.165, 1.54) is 0 Å². The Kier molecular flexibility index (Phi) is 2.52. The van der Waals surface area contributed by atoms with Gasteiger partial charge in [-0.05, 0) is 12.1 Å². The molecule has 0 spiro atoms. The lowest BCUT2D eigenvalue weighted by Crippen LogP contribution is -2.20. The van der Waals surface area contributed by atoms with Crippen LogP contribution < -0.4 is 5.73 Å². The molecule has 0 radical (unpaired) electrons. The van der Waals surface area contributed by atoms with E-state index < -0.39 is 0 Å². The van der Waals surface area contributed by atoms with Crippen molar-refractivity contribution < 1.29 is 4.42 Å². The van der Waals surface area contributed by atoms with Crippen molar-refractivity contribution in [3.05, 3.63) is 42.4 Å². The molecule has 2 heterocycles. The van der Waals surface area contributed by atoms with Crippen LogP contribution in [0.15, 0.2) is 35.2 Å². The number of hydrogen-bond donors (Lipinski definition) is 1. The molecular weight excluding hydrogens is 192 g/mol. The van der Waals surface area contributed by atoms with Crippen LogP contribution in [0.4, 0.5) is 0 Å². The van der Waals surface area contributed by atoms with Crippen LogP contribution in [0.25, 0.3) is 0 Å². The average Bonchev–Trinajstić information content (AvgIpc) is 2.89. The van der Waals surface area contributed by atoms with E-state index >= 15 is 0 Å². The van der Waals surface area contributed by atoms with Crippen LogP contribution in [0.1, 0.15) is 17.6 Å². The Morgan fingerprint density at radius 1 is 1.67 bits per heavy atom. The number of hydrogen-bond acceptors (Lipinski definition) is 4. The van der Waals surface area contributed by atoms with Gasteiger partial charge in [0.05, 0.1) is 6.26 Å². The lowest BCUT2D eigenvalue weighted by atomic mass is 10.2. The second kappa shape index (κ2) is 3.98. The van der Waals surface area contributed by atoms with Crippen molar-refractivity contribution in [1.82, 2.24) is 9.55 Å². The minimum atomic E-state index is -0.169. The summed E-state index contributed by atoms with van der Waals surface area (Å²) in [7, 11) is 0. The Morgan fingerprint density at radius 2 is 2.53 bits per heavy atom. The third-order valence-electron chi connectivity index (χ3n) is 2.20. The fraction of sp³-hybridized carbons (Fsp3) is 0.200. The van der Waals surface area contributed by atoms with E-state index in [0.717, 1.165) is 5.76 Å². The smallest absolute Gasteiger partial charge is 0.213 e. The second-order valence-corrected chi connectivity index (χ2v) is 3.04. The van der Waals surface area contributed by atoms with Gasteiger partial charge in [-0.2, -0.15) is 5.26 Å². The van der Waals surface area contributed by atoms with Gasteiger partial charge in [0, 0.05) is 18.9 Å². The molecule has 0 aromatic carbocycles. The van der Waals surface area contributed by atoms with Gasteiger partial charge in [0.15, 0.2) is 0 Å². The molecule has 0 aliphatic heterocycles. The van der Waals surface area contributed by atoms with Crippen molar-refractivity contribution in [3.8, 4) is 6.07 Å². The summed E-state index contributed by atoms with van der Waals surface area (Å²) in [5.41, 5.74) is 5.66. The van der Waals surface area contributed by atoms with Crippen LogP contribution in [0.5, 0.6) is 0 Å². The monoisotopic (exact) mass is 202 g/mol. The molecule has 0 amide bonds. The molecule has 0 saturated heterocycles. The van der Waals surface area contributed by atoms with Crippen LogP contribution in [-0.2, 0) is 0 Å². The third kappa shape index (κ3) is 1.63. The van der Waals surface area contributed by atoms with Crippen LogP contribution in [-0.4, -0.2) is 16.1 Å². The van der Waals surface area contributed by atoms with E-state index in [-0.39, 0.29) is 6.04 Å². The molecule has 5 heteroatoms. The van der Waals surface area contributed by atoms with Gasteiger partial charge in [-0.15, -0.1) is 0 Å². The van der Waals surface area contributed by atoms with Gasteiger partial charge in [0.2, 0.25) is 5.82 Å². The maximum atomic E-state index is 8.84. The Bertz CT molecular complexity index is 466. The quantitative estimate of drug-likeness (QED) is 0.801. The standard InChI is InChI=1S/C10H10N4O/c11-6-8(9-2-1-5-15-9)14-4-3-13-10(14)7-12/h1-5,8H,6,11H2. The number of nitriles is 1. The molecule has 76 valence electrons. The Balaban J connectivity index is 2.40. The van der Waals surface area contributed by atoms with E-state index in [4.69, 9.17) is 15.4 Å². The lowest BCUT2D eigenvalue weighted by molar-refractivity contribution is 0.430. The first-order valence-corrected chi connectivity index (χ1v) is 4.53. The average molecular weight is 202 g/mol. The predicted octanol–water partition coefficient (Wildman–Crippen LogP) is 0.896. The van der Waals surface area contributed by atoms with Crippen molar-refractivity contribution in [2.75, 3.05) is 6.54 Å². The Labute approximate surface area is 86.7 Å². The molecule has 0 bridgehead atoms. The highest BCUT2D eigenvalue weighted by molar-refractivity contribution is 5.17. The first kappa shape index (κ1) is 9.49. The van der Waals surface area contributed by atoms with Crippen molar-refractivity contribution >= 4 is 0 Å². The normalized spacial score (nSPS) is 12.3. The first-order chi connectivity index (χ1) is 7.36. The summed E-state index contributed by atoms with van der Waals surface area (Å²) in [6.45, 7) is 0.360. The van der Waals surface area contributed by atoms with E-state index in [9.17, 15) is 0 Å². The number of furan rings is 1. The number of rotatable bonds is 3. The molecule has 0 aliphatic rings. The Hall–Kier alpha value is -2.06. The maximum Gasteiger partial charge on any atom is 0.213 e. The summed E-state index contributed by atoms with van der Waals surface area (Å²) < 4.78 is 6.98. The zero-order valence-electron chi connectivity index (χ0n) is 8.00. The van der Waals surface area contributed by atoms with Crippen molar-refractivity contribution in [3.63, 3.8) is 0 Å². The molecule has 2 aromatic rings. The van der Waals surface area contributed by atoms with Gasteiger partial charge in [0.1, 0.15) is 17.9 Å². The van der Waals surface area contributed by atoms with Gasteiger partial charge in [-0.1, -0.05) is 0 Å². The zero-order chi connectivity index (χ0) is 10.7. The third-order valence-corrected chi connectivity index (χ3v) is 2.20. The van der Waals surface area contributed by atoms with Crippen LogP contribution >= 0.6 is 0 Å². The molecule has 2 aromatic heterocycles. The van der Waals surface area contributed by atoms with Gasteiger partial charge in [0.25, 0.3) is 0 Å². The fourth-order valence-corrected chi connectivity index (χ4v) is 1.50. The number of imidazole rings is 1. The molecule has 1 atom stereocenters. The van der Waals surface area contributed by atoms with Crippen LogP contribution in [0, 0.1) is 11.3 Å². The topological polar surface area (TPSA) is 80.8 Å². The summed E-state index contributed by atoms with van der Waals surface area (Å²) in [4.78, 5) is 3.92. The maximum absolute atomic E-state index is 8.84. The van der Waals surface area contributed by atoms with Gasteiger partial charge < -0.3 is 14.7 Å². The zero-order valence-corrected chi connectivity index (χ0v) is 8.00. The highest BCUT2D eigenvalue weighted by atomic mass is 16.3. The number of aromatic nitrogens is 2. The van der Waals surface area contributed by atoms with Gasteiger partial charge >= 0.3 is 0 Å². The minimum Gasteiger partial charge on any atom is -0.467 e. The summed E-state index contributed by atoms with van der Waals surface area (Å²) in [6, 6.07) is 5.46. The molecule has 5 nitrogen and oxygen atoms in total. The van der Waals surface area contributed by atoms with Gasteiger partial charge in [-0.3, -0.25) is 0 Å². The Morgan fingerprint density at radius 3 is 3.13 bits per heavy atom. The van der Waals surface area contributed by atoms with E-state index in [0.29, 0.717) is 12.4 Å². The summed E-state index contributed by atoms with van der Waals surface area (Å²) >= 11 is 0. The summed E-state index contributed by atoms with van der Waals surface area (Å²) in [5.74, 6) is 1.06. The highest BCUT2D eigenvalue weighted by Crippen LogP contribution is 2.18. The number of nitrogens with two attached hydrogens (primary N) is 1. The summed E-state index contributed by atoms with van der Waals surface area (Å²) in [5, 5.41) is 8.84. The molecule has 15 heavy (non-hydrogen) atoms. The van der Waals surface area contributed by atoms with E-state index in [1.54, 1.807) is 29.3 Å². The van der Waals surface area contributed by atoms with Crippen molar-refractivity contribution in [1.29, 1.82) is 5.26 Å². The molecule has 2 rings (SSSR count). The molecule has 0 saturated carbocycles. The molecular formula is C10H10N4O. The predicted molar refractivity (Wildman–Crippen MR) is 52.8 cm³/mol. The first-order valence-electron chi connectivity index (χ1n) is 4.53. The van der Waals surface area contributed by atoms with Crippen molar-refractivity contribution in [2.24, 2.45) is 5.73 Å². The van der Waals surface area contributed by atoms with Crippen LogP contribution in [0.3, 0.4) is 0 Å². The molecule has 0 fully saturated rings. The molecule has 0 aliphatic carbocycles. The van der Waals surface area contributed by atoms with Crippen LogP contribution in [0.2, 0.25) is 0 Å². The minimum absolute atomic E-state index is 0.169. The summed E-state index contributed by atoms with van der Waals surface area (Å²) in [6.07, 6.45) is 4.88. The highest BCUT2D eigenvalue weighted by Gasteiger charge is 2.17. The second-order valence-electron chi connectivity index (χ2n) is 3.04. The molecule has 2 N–H and O–H groups in total. The van der Waals surface area contributed by atoms with Crippen molar-refractivity contribution in [2.45, 2.75) is 6.04 Å².